The summed E-state index contributed by atoms with van der Waals surface area (Å²) in [6.07, 6.45) is 0.354. The molecule has 1 unspecified atom stereocenters. The van der Waals surface area contributed by atoms with Crippen molar-refractivity contribution in [1.82, 2.24) is 4.98 Å². The molecule has 0 bridgehead atoms. The lowest BCUT2D eigenvalue weighted by atomic mass is 10.3. The highest BCUT2D eigenvalue weighted by Crippen LogP contribution is 2.21. The third kappa shape index (κ3) is 5.44. The van der Waals surface area contributed by atoms with E-state index in [4.69, 9.17) is 16.7 Å². The van der Waals surface area contributed by atoms with Crippen LogP contribution in [0.2, 0.25) is 5.02 Å². The molecule has 1 aromatic rings. The summed E-state index contributed by atoms with van der Waals surface area (Å²) in [7, 11) is 0. The summed E-state index contributed by atoms with van der Waals surface area (Å²) in [6.45, 7) is 2.76. The average Bonchev–Trinajstić information content (AvgIpc) is 2.39. The number of pyridine rings is 1. The third-order valence-electron chi connectivity index (χ3n) is 2.23. The Morgan fingerprint density at radius 2 is 2.28 bits per heavy atom. The molecule has 4 nitrogen and oxygen atoms in total. The maximum absolute atomic E-state index is 9.24. The van der Waals surface area contributed by atoms with Gasteiger partial charge in [-0.3, -0.25) is 0 Å². The van der Waals surface area contributed by atoms with E-state index in [1.54, 1.807) is 0 Å². The Kier molecular flexibility index (Phi) is 7.42. The normalized spacial score (nSPS) is 12.4. The van der Waals surface area contributed by atoms with Crippen molar-refractivity contribution in [2.75, 3.05) is 24.2 Å². The summed E-state index contributed by atoms with van der Waals surface area (Å²) in [4.78, 5) is 4.42. The second-order valence-corrected chi connectivity index (χ2v) is 5.34. The van der Waals surface area contributed by atoms with Crippen LogP contribution >= 0.6 is 23.4 Å². The smallest absolute Gasteiger partial charge is 0.126 e. The van der Waals surface area contributed by atoms with Crippen LogP contribution in [-0.2, 0) is 5.75 Å². The Bertz CT molecular complexity index is 366. The monoisotopic (exact) mass is 290 g/mol. The number of anilines is 1. The minimum absolute atomic E-state index is 0.216. The summed E-state index contributed by atoms with van der Waals surface area (Å²) in [6, 6.07) is 3.68. The Morgan fingerprint density at radius 3 is 2.94 bits per heavy atom. The summed E-state index contributed by atoms with van der Waals surface area (Å²) >= 11 is 7.56. The first-order valence-corrected chi connectivity index (χ1v) is 7.46. The standard InChI is InChI=1S/C12H19ClN2O2S/c1-2-5-14-12-4-3-10(13)11(15-12)8-18-7-9(17)6-16/h3-4,9,16-17H,2,5-8H2,1H3,(H,14,15). The molecule has 0 aromatic carbocycles. The van der Waals surface area contributed by atoms with Crippen molar-refractivity contribution in [1.29, 1.82) is 0 Å². The maximum atomic E-state index is 9.24. The minimum atomic E-state index is -0.685. The predicted molar refractivity (Wildman–Crippen MR) is 77.3 cm³/mol. The molecule has 0 aliphatic heterocycles. The van der Waals surface area contributed by atoms with Crippen molar-refractivity contribution in [2.45, 2.75) is 25.2 Å². The first-order valence-electron chi connectivity index (χ1n) is 5.93. The largest absolute Gasteiger partial charge is 0.394 e. The number of hydrogen-bond donors (Lipinski definition) is 3. The van der Waals surface area contributed by atoms with Crippen molar-refractivity contribution < 1.29 is 10.2 Å². The topological polar surface area (TPSA) is 65.4 Å². The van der Waals surface area contributed by atoms with Gasteiger partial charge in [-0.1, -0.05) is 18.5 Å². The Morgan fingerprint density at radius 1 is 1.50 bits per heavy atom. The van der Waals surface area contributed by atoms with Gasteiger partial charge in [-0.2, -0.15) is 11.8 Å². The lowest BCUT2D eigenvalue weighted by Crippen LogP contribution is -2.14. The van der Waals surface area contributed by atoms with Gasteiger partial charge in [0.05, 0.1) is 23.4 Å². The second kappa shape index (κ2) is 8.58. The zero-order valence-electron chi connectivity index (χ0n) is 10.4. The zero-order valence-corrected chi connectivity index (χ0v) is 12.0. The highest BCUT2D eigenvalue weighted by molar-refractivity contribution is 7.98. The van der Waals surface area contributed by atoms with Gasteiger partial charge in [0.1, 0.15) is 5.82 Å². The quantitative estimate of drug-likeness (QED) is 0.685. The number of nitrogens with zero attached hydrogens (tertiary/aromatic N) is 1. The number of halogens is 1. The van der Waals surface area contributed by atoms with E-state index in [0.717, 1.165) is 24.5 Å². The lowest BCUT2D eigenvalue weighted by molar-refractivity contribution is 0.113. The van der Waals surface area contributed by atoms with Gasteiger partial charge in [0, 0.05) is 18.1 Å². The van der Waals surface area contributed by atoms with Crippen molar-refractivity contribution in [3.05, 3.63) is 22.8 Å². The van der Waals surface area contributed by atoms with Gasteiger partial charge in [0.15, 0.2) is 0 Å². The Balaban J connectivity index is 2.52. The number of aromatic nitrogens is 1. The van der Waals surface area contributed by atoms with E-state index in [-0.39, 0.29) is 6.61 Å². The number of nitrogens with one attached hydrogen (secondary N) is 1. The summed E-state index contributed by atoms with van der Waals surface area (Å²) in [5.41, 5.74) is 0.799. The molecule has 1 aromatic heterocycles. The van der Waals surface area contributed by atoms with Crippen LogP contribution < -0.4 is 5.32 Å². The molecule has 0 fully saturated rings. The number of aliphatic hydroxyl groups is 2. The molecule has 3 N–H and O–H groups in total. The summed E-state index contributed by atoms with van der Waals surface area (Å²) < 4.78 is 0. The second-order valence-electron chi connectivity index (χ2n) is 3.90. The van der Waals surface area contributed by atoms with E-state index < -0.39 is 6.10 Å². The fourth-order valence-electron chi connectivity index (χ4n) is 1.28. The van der Waals surface area contributed by atoms with Gasteiger partial charge in [-0.25, -0.2) is 4.98 Å². The highest BCUT2D eigenvalue weighted by Gasteiger charge is 2.07. The van der Waals surface area contributed by atoms with Crippen LogP contribution in [0.4, 0.5) is 5.82 Å². The van der Waals surface area contributed by atoms with Crippen molar-refractivity contribution in [2.24, 2.45) is 0 Å². The Hall–Kier alpha value is -0.490. The van der Waals surface area contributed by atoms with E-state index >= 15 is 0 Å². The number of rotatable bonds is 8. The Labute approximate surface area is 117 Å². The maximum Gasteiger partial charge on any atom is 0.126 e. The first kappa shape index (κ1) is 15.6. The predicted octanol–water partition coefficient (Wildman–Crippen LogP) is 2.14. The molecule has 18 heavy (non-hydrogen) atoms. The molecule has 0 radical (unpaired) electrons. The molecule has 0 saturated carbocycles. The molecule has 1 rings (SSSR count). The number of thioether (sulfide) groups is 1. The number of aliphatic hydroxyl groups excluding tert-OH is 2. The molecule has 0 aliphatic carbocycles. The fraction of sp³-hybridized carbons (Fsp3) is 0.583. The minimum Gasteiger partial charge on any atom is -0.394 e. The third-order valence-corrected chi connectivity index (χ3v) is 3.68. The van der Waals surface area contributed by atoms with Gasteiger partial charge in [0.25, 0.3) is 0 Å². The van der Waals surface area contributed by atoms with Crippen molar-refractivity contribution >= 4 is 29.2 Å². The average molecular weight is 291 g/mol. The molecule has 102 valence electrons. The van der Waals surface area contributed by atoms with Gasteiger partial charge in [-0.05, 0) is 18.6 Å². The molecule has 0 amide bonds. The SMILES string of the molecule is CCCNc1ccc(Cl)c(CSCC(O)CO)n1. The van der Waals surface area contributed by atoms with Crippen LogP contribution in [0, 0.1) is 0 Å². The zero-order chi connectivity index (χ0) is 13.4. The first-order chi connectivity index (χ1) is 8.67. The van der Waals surface area contributed by atoms with Gasteiger partial charge in [-0.15, -0.1) is 0 Å². The van der Waals surface area contributed by atoms with Crippen molar-refractivity contribution in [3.8, 4) is 0 Å². The van der Waals surface area contributed by atoms with E-state index in [1.165, 1.54) is 11.8 Å². The van der Waals surface area contributed by atoms with Gasteiger partial charge in [0.2, 0.25) is 0 Å². The lowest BCUT2D eigenvalue weighted by Gasteiger charge is -2.09. The van der Waals surface area contributed by atoms with E-state index in [1.807, 2.05) is 12.1 Å². The van der Waals surface area contributed by atoms with Crippen molar-refractivity contribution in [3.63, 3.8) is 0 Å². The molecule has 0 saturated heterocycles. The van der Waals surface area contributed by atoms with Crippen LogP contribution in [0.1, 0.15) is 19.0 Å². The summed E-state index contributed by atoms with van der Waals surface area (Å²) in [5, 5.41) is 21.8. The van der Waals surface area contributed by atoms with Crippen LogP contribution in [0.3, 0.4) is 0 Å². The number of hydrogen-bond acceptors (Lipinski definition) is 5. The van der Waals surface area contributed by atoms with Crippen LogP contribution in [-0.4, -0.2) is 40.2 Å². The van der Waals surface area contributed by atoms with E-state index in [2.05, 4.69) is 17.2 Å². The molecule has 6 heteroatoms. The van der Waals surface area contributed by atoms with Crippen LogP contribution in [0.5, 0.6) is 0 Å². The van der Waals surface area contributed by atoms with E-state index in [0.29, 0.717) is 16.5 Å². The molecular weight excluding hydrogens is 272 g/mol. The molecule has 0 aliphatic rings. The summed E-state index contributed by atoms with van der Waals surface area (Å²) in [5.74, 6) is 1.91. The van der Waals surface area contributed by atoms with Crippen LogP contribution in [0.25, 0.3) is 0 Å². The van der Waals surface area contributed by atoms with Gasteiger partial charge < -0.3 is 15.5 Å². The van der Waals surface area contributed by atoms with E-state index in [9.17, 15) is 5.11 Å². The van der Waals surface area contributed by atoms with Crippen LogP contribution in [0.15, 0.2) is 12.1 Å². The highest BCUT2D eigenvalue weighted by atomic mass is 35.5. The molecule has 0 spiro atoms. The van der Waals surface area contributed by atoms with Gasteiger partial charge >= 0.3 is 0 Å². The molecule has 1 atom stereocenters. The fourth-order valence-corrected chi connectivity index (χ4v) is 2.44. The molecular formula is C12H19ClN2O2S. The molecule has 1 heterocycles.